The highest BCUT2D eigenvalue weighted by Gasteiger charge is 2.24. The maximum atomic E-state index is 12.3. The second-order valence-electron chi connectivity index (χ2n) is 11.2. The summed E-state index contributed by atoms with van der Waals surface area (Å²) in [5.74, 6) is -1.29. The molecule has 0 bridgehead atoms. The molecule has 2 amide bonds. The summed E-state index contributed by atoms with van der Waals surface area (Å²) in [6.07, 6.45) is 2.38. The second kappa shape index (κ2) is 20.4. The first kappa shape index (κ1) is 42.6. The van der Waals surface area contributed by atoms with Crippen LogP contribution in [0.2, 0.25) is 0 Å². The maximum absolute atomic E-state index is 12.3. The first-order valence-corrected chi connectivity index (χ1v) is 13.9. The van der Waals surface area contributed by atoms with Crippen LogP contribution in [0.15, 0.2) is 24.3 Å². The zero-order valence-corrected chi connectivity index (χ0v) is 28.1. The Morgan fingerprint density at radius 2 is 1.72 bits per heavy atom. The summed E-state index contributed by atoms with van der Waals surface area (Å²) in [5, 5.41) is 19.2. The summed E-state index contributed by atoms with van der Waals surface area (Å²) in [7, 11) is 1.64. The lowest BCUT2D eigenvalue weighted by Crippen LogP contribution is -2.48. The lowest BCUT2D eigenvalue weighted by Gasteiger charge is -2.21. The van der Waals surface area contributed by atoms with Crippen molar-refractivity contribution >= 4 is 71.6 Å². The second-order valence-corrected chi connectivity index (χ2v) is 11.2. The van der Waals surface area contributed by atoms with Crippen LogP contribution in [-0.4, -0.2) is 66.2 Å². The predicted molar refractivity (Wildman–Crippen MR) is 179 cm³/mol. The number of amides is 2. The number of fused-ring (bicyclic) bond motifs is 1. The Bertz CT molecular complexity index is 1170. The number of ether oxygens (including phenoxy) is 1. The van der Waals surface area contributed by atoms with Crippen LogP contribution in [0.1, 0.15) is 71.9 Å². The minimum Gasteiger partial charge on any atom is -0.497 e. The molecule has 0 radical (unpaired) electrons. The van der Waals surface area contributed by atoms with Crippen molar-refractivity contribution < 1.29 is 24.2 Å². The Kier molecular flexibility index (Phi) is 20.2. The highest BCUT2D eigenvalue weighted by Crippen LogP contribution is 2.31. The Morgan fingerprint density at radius 1 is 1.05 bits per heavy atom. The molecular weight excluding hydrogens is 619 g/mol. The standard InChI is InChI=1S/C29H46N6O5.3ClH/c1-18(33-23-17-20(40-5)16-19-10-12-24(29(2,3)4)35-26(19)23)8-7-15-32-25(36)13-11-22(28(38)39)34-27(37)21(31)9-6-14-30;;;/h10,12,16-18,21-22,33H,6-9,11,13-15,30-31H2,1-5H3,(H,32,36)(H,34,37)(H,38,39);3*1H/t18?,21-,22+;;;/m1.../s1. The number of nitrogens with one attached hydrogen (secondary N) is 3. The summed E-state index contributed by atoms with van der Waals surface area (Å²) in [6.45, 7) is 9.31. The van der Waals surface area contributed by atoms with Gasteiger partial charge in [-0.15, -0.1) is 37.2 Å². The van der Waals surface area contributed by atoms with Gasteiger partial charge in [0, 0.05) is 41.6 Å². The fourth-order valence-corrected chi connectivity index (χ4v) is 4.20. The summed E-state index contributed by atoms with van der Waals surface area (Å²) >= 11 is 0. The highest BCUT2D eigenvalue weighted by atomic mass is 35.5. The number of nitrogens with two attached hydrogens (primary N) is 2. The summed E-state index contributed by atoms with van der Waals surface area (Å²) in [5.41, 5.74) is 13.9. The van der Waals surface area contributed by atoms with Gasteiger partial charge in [-0.25, -0.2) is 4.79 Å². The van der Waals surface area contributed by atoms with Crippen molar-refractivity contribution in [2.75, 3.05) is 25.5 Å². The van der Waals surface area contributed by atoms with E-state index in [-0.39, 0.29) is 67.4 Å². The molecule has 0 aliphatic carbocycles. The van der Waals surface area contributed by atoms with Crippen molar-refractivity contribution in [3.05, 3.63) is 30.0 Å². The molecule has 1 aromatic carbocycles. The number of halogens is 3. The Hall–Kier alpha value is -2.57. The molecule has 8 N–H and O–H groups in total. The molecule has 1 aromatic heterocycles. The average molecular weight is 668 g/mol. The number of carbonyl (C=O) groups excluding carboxylic acids is 2. The zero-order valence-electron chi connectivity index (χ0n) is 25.6. The van der Waals surface area contributed by atoms with Gasteiger partial charge in [0.15, 0.2) is 0 Å². The minimum atomic E-state index is -1.21. The minimum absolute atomic E-state index is 0. The number of carbonyl (C=O) groups is 3. The number of aliphatic carboxylic acids is 1. The monoisotopic (exact) mass is 666 g/mol. The molecule has 0 saturated heterocycles. The lowest BCUT2D eigenvalue weighted by molar-refractivity contribution is -0.142. The number of methoxy groups -OCH3 is 1. The van der Waals surface area contributed by atoms with Gasteiger partial charge < -0.3 is 37.3 Å². The van der Waals surface area contributed by atoms with E-state index in [1.807, 2.05) is 18.2 Å². The van der Waals surface area contributed by atoms with Gasteiger partial charge in [0.05, 0.1) is 24.4 Å². The predicted octanol–water partition coefficient (Wildman–Crippen LogP) is 3.92. The zero-order chi connectivity index (χ0) is 29.9. The number of aromatic nitrogens is 1. The van der Waals surface area contributed by atoms with E-state index >= 15 is 0 Å². The maximum Gasteiger partial charge on any atom is 0.326 e. The fraction of sp³-hybridized carbons (Fsp3) is 0.586. The van der Waals surface area contributed by atoms with Crippen molar-refractivity contribution in [1.29, 1.82) is 0 Å². The smallest absolute Gasteiger partial charge is 0.326 e. The van der Waals surface area contributed by atoms with E-state index in [2.05, 4.69) is 49.7 Å². The van der Waals surface area contributed by atoms with Gasteiger partial charge in [0.1, 0.15) is 11.8 Å². The van der Waals surface area contributed by atoms with E-state index in [1.165, 1.54) is 0 Å². The van der Waals surface area contributed by atoms with Crippen LogP contribution >= 0.6 is 37.2 Å². The number of benzene rings is 1. The third-order valence-corrected chi connectivity index (χ3v) is 6.64. The molecule has 2 rings (SSSR count). The molecule has 0 aliphatic rings. The molecule has 43 heavy (non-hydrogen) atoms. The van der Waals surface area contributed by atoms with Crippen LogP contribution in [0.5, 0.6) is 5.75 Å². The summed E-state index contributed by atoms with van der Waals surface area (Å²) < 4.78 is 5.48. The molecule has 0 fully saturated rings. The third-order valence-electron chi connectivity index (χ3n) is 6.64. The summed E-state index contributed by atoms with van der Waals surface area (Å²) in [4.78, 5) is 40.9. The number of carboxylic acids is 1. The molecule has 0 aliphatic heterocycles. The number of hydrogen-bond acceptors (Lipinski definition) is 8. The average Bonchev–Trinajstić information content (AvgIpc) is 2.90. The van der Waals surface area contributed by atoms with E-state index < -0.39 is 24.0 Å². The number of hydrogen-bond donors (Lipinski definition) is 6. The van der Waals surface area contributed by atoms with E-state index in [0.29, 0.717) is 25.9 Å². The SMILES string of the molecule is COc1cc(NC(C)CCCNC(=O)CC[C@H](NC(=O)[C@H](N)CCCN)C(=O)O)c2nc(C(C)(C)C)ccc2c1.Cl.Cl.Cl. The number of carboxylic acid groups (broad SMARTS) is 1. The Morgan fingerprint density at radius 3 is 2.30 bits per heavy atom. The third kappa shape index (κ3) is 14.2. The largest absolute Gasteiger partial charge is 0.497 e. The Labute approximate surface area is 273 Å². The number of pyridine rings is 1. The van der Waals surface area contributed by atoms with Crippen LogP contribution in [0.25, 0.3) is 10.9 Å². The van der Waals surface area contributed by atoms with Crippen molar-refractivity contribution in [2.24, 2.45) is 11.5 Å². The molecule has 246 valence electrons. The van der Waals surface area contributed by atoms with Crippen molar-refractivity contribution in [1.82, 2.24) is 15.6 Å². The van der Waals surface area contributed by atoms with E-state index in [1.54, 1.807) is 7.11 Å². The van der Waals surface area contributed by atoms with Gasteiger partial charge >= 0.3 is 5.97 Å². The van der Waals surface area contributed by atoms with Crippen LogP contribution in [0.4, 0.5) is 5.69 Å². The van der Waals surface area contributed by atoms with Crippen molar-refractivity contribution in [2.45, 2.75) is 89.8 Å². The molecule has 3 atom stereocenters. The highest BCUT2D eigenvalue weighted by molar-refractivity contribution is 5.92. The molecule has 2 aromatic rings. The van der Waals surface area contributed by atoms with Gasteiger partial charge in [-0.3, -0.25) is 14.6 Å². The molecule has 1 unspecified atom stereocenters. The number of anilines is 1. The topological polar surface area (TPSA) is 182 Å². The summed E-state index contributed by atoms with van der Waals surface area (Å²) in [6, 6.07) is 6.11. The quantitative estimate of drug-likeness (QED) is 0.145. The fourth-order valence-electron chi connectivity index (χ4n) is 4.20. The molecule has 0 spiro atoms. The van der Waals surface area contributed by atoms with Gasteiger partial charge in [0.25, 0.3) is 0 Å². The van der Waals surface area contributed by atoms with Gasteiger partial charge in [0.2, 0.25) is 11.8 Å². The Balaban J connectivity index is 0. The molecular formula is C29H49Cl3N6O5. The number of rotatable bonds is 16. The van der Waals surface area contributed by atoms with Crippen LogP contribution < -0.4 is 32.2 Å². The van der Waals surface area contributed by atoms with Crippen molar-refractivity contribution in [3.8, 4) is 5.75 Å². The van der Waals surface area contributed by atoms with E-state index in [0.717, 1.165) is 40.9 Å². The normalized spacial score (nSPS) is 12.8. The van der Waals surface area contributed by atoms with Gasteiger partial charge in [-0.2, -0.15) is 0 Å². The molecule has 1 heterocycles. The van der Waals surface area contributed by atoms with Gasteiger partial charge in [-0.05, 0) is 57.7 Å². The van der Waals surface area contributed by atoms with Crippen LogP contribution in [-0.2, 0) is 19.8 Å². The number of nitrogens with zero attached hydrogens (tertiary/aromatic N) is 1. The van der Waals surface area contributed by atoms with Crippen LogP contribution in [0, 0.1) is 0 Å². The lowest BCUT2D eigenvalue weighted by atomic mass is 9.91. The van der Waals surface area contributed by atoms with Gasteiger partial charge in [-0.1, -0.05) is 26.8 Å². The molecule has 14 heteroatoms. The first-order valence-electron chi connectivity index (χ1n) is 13.9. The first-order chi connectivity index (χ1) is 18.8. The van der Waals surface area contributed by atoms with E-state index in [4.69, 9.17) is 21.2 Å². The molecule has 11 nitrogen and oxygen atoms in total. The van der Waals surface area contributed by atoms with Crippen LogP contribution in [0.3, 0.4) is 0 Å². The molecule has 0 saturated carbocycles. The van der Waals surface area contributed by atoms with E-state index in [9.17, 15) is 19.5 Å². The van der Waals surface area contributed by atoms with Crippen molar-refractivity contribution in [3.63, 3.8) is 0 Å².